The molecule has 0 spiro atoms. The molecule has 0 fully saturated rings. The van der Waals surface area contributed by atoms with E-state index >= 15 is 0 Å². The van der Waals surface area contributed by atoms with Gasteiger partial charge in [-0.1, -0.05) is 18.2 Å². The van der Waals surface area contributed by atoms with E-state index in [9.17, 15) is 13.2 Å². The Bertz CT molecular complexity index is 568. The first kappa shape index (κ1) is 14.1. The van der Waals surface area contributed by atoms with Crippen LogP contribution in [0.15, 0.2) is 45.7 Å². The molecule has 19 heavy (non-hydrogen) atoms. The lowest BCUT2D eigenvalue weighted by molar-refractivity contribution is -0.138. The highest BCUT2D eigenvalue weighted by atomic mass is 79.9. The van der Waals surface area contributed by atoms with Crippen LogP contribution in [-0.4, -0.2) is 0 Å². The smallest absolute Gasteiger partial charge is 0.416 e. The maximum atomic E-state index is 13.0. The van der Waals surface area contributed by atoms with Gasteiger partial charge in [0, 0.05) is 5.56 Å². The second-order valence-corrected chi connectivity index (χ2v) is 4.55. The summed E-state index contributed by atoms with van der Waals surface area (Å²) in [4.78, 5) is 0. The van der Waals surface area contributed by atoms with E-state index in [0.717, 1.165) is 6.07 Å². The number of rotatable bonds is 3. The topological polar surface area (TPSA) is 51.2 Å². The van der Waals surface area contributed by atoms with Crippen molar-refractivity contribution in [2.24, 2.45) is 5.84 Å². The molecule has 3 N–H and O–H groups in total. The third-order valence-corrected chi connectivity index (χ3v) is 3.35. The SMILES string of the molecule is NNC(c1ccccc1C(F)(F)F)c1ccoc1Br. The fraction of sp³-hybridized carbons (Fsp3) is 0.167. The van der Waals surface area contributed by atoms with Crippen LogP contribution in [0.4, 0.5) is 13.2 Å². The average Bonchev–Trinajstić information content (AvgIpc) is 2.76. The molecule has 0 aliphatic rings. The molecule has 2 rings (SSSR count). The van der Waals surface area contributed by atoms with Crippen molar-refractivity contribution < 1.29 is 17.6 Å². The van der Waals surface area contributed by atoms with Crippen molar-refractivity contribution in [3.05, 3.63) is 58.0 Å². The molecule has 7 heteroatoms. The summed E-state index contributed by atoms with van der Waals surface area (Å²) in [6.07, 6.45) is -3.07. The highest BCUT2D eigenvalue weighted by molar-refractivity contribution is 9.10. The van der Waals surface area contributed by atoms with Crippen LogP contribution in [0.1, 0.15) is 22.7 Å². The van der Waals surface area contributed by atoms with Gasteiger partial charge in [-0.3, -0.25) is 5.84 Å². The Morgan fingerprint density at radius 1 is 1.16 bits per heavy atom. The van der Waals surface area contributed by atoms with Gasteiger partial charge in [0.25, 0.3) is 0 Å². The van der Waals surface area contributed by atoms with Crippen LogP contribution in [0.2, 0.25) is 0 Å². The number of hydrogen-bond donors (Lipinski definition) is 2. The van der Waals surface area contributed by atoms with Gasteiger partial charge in [-0.15, -0.1) is 0 Å². The fourth-order valence-corrected chi connectivity index (χ4v) is 2.33. The number of furan rings is 1. The van der Waals surface area contributed by atoms with Crippen molar-refractivity contribution in [1.29, 1.82) is 0 Å². The third-order valence-electron chi connectivity index (χ3n) is 2.70. The minimum Gasteiger partial charge on any atom is -0.457 e. The van der Waals surface area contributed by atoms with Gasteiger partial charge in [0.1, 0.15) is 0 Å². The van der Waals surface area contributed by atoms with Crippen LogP contribution in [-0.2, 0) is 6.18 Å². The summed E-state index contributed by atoms with van der Waals surface area (Å²) in [6.45, 7) is 0. The monoisotopic (exact) mass is 334 g/mol. The molecule has 2 aromatic rings. The maximum Gasteiger partial charge on any atom is 0.416 e. The molecule has 1 unspecified atom stereocenters. The van der Waals surface area contributed by atoms with Gasteiger partial charge in [0.2, 0.25) is 0 Å². The van der Waals surface area contributed by atoms with E-state index in [1.807, 2.05) is 0 Å². The van der Waals surface area contributed by atoms with Crippen molar-refractivity contribution >= 4 is 15.9 Å². The van der Waals surface area contributed by atoms with Gasteiger partial charge < -0.3 is 4.42 Å². The normalized spacial score (nSPS) is 13.5. The number of halogens is 4. The summed E-state index contributed by atoms with van der Waals surface area (Å²) >= 11 is 3.14. The molecule has 1 aromatic heterocycles. The molecule has 0 radical (unpaired) electrons. The summed E-state index contributed by atoms with van der Waals surface area (Å²) in [7, 11) is 0. The van der Waals surface area contributed by atoms with Gasteiger partial charge in [-0.05, 0) is 33.6 Å². The standard InChI is InChI=1S/C12H10BrF3N2O/c13-11-8(5-6-19-11)10(18-17)7-3-1-2-4-9(7)12(14,15)16/h1-6,10,18H,17H2. The molecule has 0 bridgehead atoms. The Labute approximate surface area is 115 Å². The number of nitrogens with two attached hydrogens (primary N) is 1. The number of nitrogens with one attached hydrogen (secondary N) is 1. The molecule has 1 atom stereocenters. The first-order valence-corrected chi connectivity index (χ1v) is 6.09. The molecule has 0 saturated carbocycles. The van der Waals surface area contributed by atoms with E-state index in [4.69, 9.17) is 10.3 Å². The lowest BCUT2D eigenvalue weighted by Gasteiger charge is -2.20. The zero-order valence-corrected chi connectivity index (χ0v) is 11.1. The van der Waals surface area contributed by atoms with Crippen LogP contribution in [0.25, 0.3) is 0 Å². The molecule has 1 aromatic carbocycles. The first-order chi connectivity index (χ1) is 8.95. The molecule has 0 aliphatic heterocycles. The zero-order valence-electron chi connectivity index (χ0n) is 9.54. The number of benzene rings is 1. The number of alkyl halides is 3. The summed E-state index contributed by atoms with van der Waals surface area (Å²) in [6, 6.07) is 6.01. The average molecular weight is 335 g/mol. The van der Waals surface area contributed by atoms with Crippen LogP contribution in [0, 0.1) is 0 Å². The van der Waals surface area contributed by atoms with Gasteiger partial charge in [-0.25, -0.2) is 5.43 Å². The van der Waals surface area contributed by atoms with Crippen molar-refractivity contribution in [3.63, 3.8) is 0 Å². The minimum absolute atomic E-state index is 0.0413. The van der Waals surface area contributed by atoms with Crippen molar-refractivity contribution in [1.82, 2.24) is 5.43 Å². The van der Waals surface area contributed by atoms with Crippen molar-refractivity contribution in [2.75, 3.05) is 0 Å². The van der Waals surface area contributed by atoms with Gasteiger partial charge in [-0.2, -0.15) is 13.2 Å². The molecular weight excluding hydrogens is 325 g/mol. The van der Waals surface area contributed by atoms with Gasteiger partial charge in [0.05, 0.1) is 17.9 Å². The van der Waals surface area contributed by atoms with E-state index in [1.54, 1.807) is 6.07 Å². The van der Waals surface area contributed by atoms with Crippen LogP contribution in [0.5, 0.6) is 0 Å². The molecule has 0 amide bonds. The molecule has 102 valence electrons. The third kappa shape index (κ3) is 2.83. The summed E-state index contributed by atoms with van der Waals surface area (Å²) in [5.74, 6) is 5.40. The van der Waals surface area contributed by atoms with E-state index in [2.05, 4.69) is 21.4 Å². The Kier molecular flexibility index (Phi) is 3.98. The lowest BCUT2D eigenvalue weighted by Crippen LogP contribution is -2.30. The Hall–Kier alpha value is -1.31. The highest BCUT2D eigenvalue weighted by Gasteiger charge is 2.35. The maximum absolute atomic E-state index is 13.0. The highest BCUT2D eigenvalue weighted by Crippen LogP contribution is 2.37. The van der Waals surface area contributed by atoms with Crippen molar-refractivity contribution in [2.45, 2.75) is 12.2 Å². The molecular formula is C12H10BrF3N2O. The van der Waals surface area contributed by atoms with E-state index in [1.165, 1.54) is 24.5 Å². The van der Waals surface area contributed by atoms with Crippen LogP contribution >= 0.6 is 15.9 Å². The Balaban J connectivity index is 2.54. The number of hydrogen-bond acceptors (Lipinski definition) is 3. The van der Waals surface area contributed by atoms with E-state index in [0.29, 0.717) is 10.2 Å². The second kappa shape index (κ2) is 5.36. The first-order valence-electron chi connectivity index (χ1n) is 5.30. The predicted molar refractivity (Wildman–Crippen MR) is 67.0 cm³/mol. The van der Waals surface area contributed by atoms with Gasteiger partial charge in [0.15, 0.2) is 4.67 Å². The van der Waals surface area contributed by atoms with Crippen molar-refractivity contribution in [3.8, 4) is 0 Å². The molecule has 3 nitrogen and oxygen atoms in total. The number of hydrazine groups is 1. The fourth-order valence-electron chi connectivity index (χ4n) is 1.86. The van der Waals surface area contributed by atoms with Crippen LogP contribution in [0.3, 0.4) is 0 Å². The Morgan fingerprint density at radius 3 is 2.37 bits per heavy atom. The zero-order chi connectivity index (χ0) is 14.0. The predicted octanol–water partition coefficient (Wildman–Crippen LogP) is 3.61. The second-order valence-electron chi connectivity index (χ2n) is 3.83. The summed E-state index contributed by atoms with van der Waals surface area (Å²) in [5, 5.41) is 0. The van der Waals surface area contributed by atoms with E-state index < -0.39 is 17.8 Å². The molecule has 1 heterocycles. The molecule has 0 aliphatic carbocycles. The quantitative estimate of drug-likeness (QED) is 0.665. The molecule has 0 saturated heterocycles. The lowest BCUT2D eigenvalue weighted by atomic mass is 9.96. The van der Waals surface area contributed by atoms with Crippen LogP contribution < -0.4 is 11.3 Å². The largest absolute Gasteiger partial charge is 0.457 e. The van der Waals surface area contributed by atoms with Gasteiger partial charge >= 0.3 is 6.18 Å². The Morgan fingerprint density at radius 2 is 1.84 bits per heavy atom. The summed E-state index contributed by atoms with van der Waals surface area (Å²) < 4.78 is 44.3. The van der Waals surface area contributed by atoms with E-state index in [-0.39, 0.29) is 5.56 Å². The minimum atomic E-state index is -4.44. The summed E-state index contributed by atoms with van der Waals surface area (Å²) in [5.41, 5.74) is 2.19.